The second kappa shape index (κ2) is 6.90. The summed E-state index contributed by atoms with van der Waals surface area (Å²) in [5, 5.41) is 0.301. The Morgan fingerprint density at radius 1 is 1.04 bits per heavy atom. The molecule has 2 aromatic carbocycles. The summed E-state index contributed by atoms with van der Waals surface area (Å²) in [6.07, 6.45) is -4.11. The molecule has 0 saturated carbocycles. The minimum Gasteiger partial charge on any atom is -0.211 e. The van der Waals surface area contributed by atoms with Crippen molar-refractivity contribution in [3.8, 4) is 0 Å². The first-order valence-electron chi connectivity index (χ1n) is 6.60. The van der Waals surface area contributed by atoms with Gasteiger partial charge in [0.2, 0.25) is 10.0 Å². The average molecular weight is 364 g/mol. The lowest BCUT2D eigenvalue weighted by Crippen LogP contribution is -2.26. The lowest BCUT2D eigenvalue weighted by atomic mass is 10.1. The van der Waals surface area contributed by atoms with Crippen LogP contribution in [0.15, 0.2) is 53.4 Å². The number of benzene rings is 2. The smallest absolute Gasteiger partial charge is 0.211 e. The van der Waals surface area contributed by atoms with Gasteiger partial charge in [-0.15, -0.1) is 0 Å². The summed E-state index contributed by atoms with van der Waals surface area (Å²) in [6.45, 7) is 0.0697. The fourth-order valence-electron chi connectivity index (χ4n) is 1.91. The molecular weight excluding hydrogens is 351 g/mol. The summed E-state index contributed by atoms with van der Waals surface area (Å²) < 4.78 is 63.8. The Labute approximate surface area is 137 Å². The van der Waals surface area contributed by atoms with E-state index < -0.39 is 21.8 Å². The van der Waals surface area contributed by atoms with Crippen LogP contribution in [0.1, 0.15) is 11.1 Å². The van der Waals surface area contributed by atoms with Gasteiger partial charge in [-0.3, -0.25) is 0 Å². The van der Waals surface area contributed by atoms with Crippen LogP contribution >= 0.6 is 11.6 Å². The Bertz CT molecular complexity index is 774. The van der Waals surface area contributed by atoms with Gasteiger partial charge >= 0.3 is 6.18 Å². The number of rotatable bonds is 5. The molecule has 0 aliphatic heterocycles. The first kappa shape index (κ1) is 17.8. The predicted molar refractivity (Wildman–Crippen MR) is 81.8 cm³/mol. The van der Waals surface area contributed by atoms with Crippen molar-refractivity contribution in [1.29, 1.82) is 0 Å². The van der Waals surface area contributed by atoms with Crippen LogP contribution in [0.2, 0.25) is 5.02 Å². The van der Waals surface area contributed by atoms with Crippen molar-refractivity contribution in [1.82, 2.24) is 4.72 Å². The molecule has 3 nitrogen and oxygen atoms in total. The molecule has 0 aliphatic carbocycles. The van der Waals surface area contributed by atoms with Gasteiger partial charge in [-0.05, 0) is 42.3 Å². The molecule has 0 amide bonds. The third-order valence-electron chi connectivity index (χ3n) is 3.09. The Morgan fingerprint density at radius 2 is 1.70 bits per heavy atom. The number of halogens is 4. The first-order chi connectivity index (χ1) is 10.7. The number of sulfonamides is 1. The fraction of sp³-hybridized carbons (Fsp3) is 0.200. The van der Waals surface area contributed by atoms with Gasteiger partial charge in [0.05, 0.1) is 10.5 Å². The second-order valence-electron chi connectivity index (χ2n) is 4.80. The van der Waals surface area contributed by atoms with Crippen LogP contribution in [0, 0.1) is 0 Å². The highest BCUT2D eigenvalue weighted by Crippen LogP contribution is 2.29. The number of alkyl halides is 3. The van der Waals surface area contributed by atoms with E-state index in [1.54, 1.807) is 6.07 Å². The zero-order valence-corrected chi connectivity index (χ0v) is 13.3. The normalized spacial score (nSPS) is 12.3. The summed E-state index contributed by atoms with van der Waals surface area (Å²) in [6, 6.07) is 10.4. The Kier molecular flexibility index (Phi) is 5.33. The summed E-state index contributed by atoms with van der Waals surface area (Å²) in [7, 11) is -3.70. The topological polar surface area (TPSA) is 46.2 Å². The molecule has 0 aromatic heterocycles. The van der Waals surface area contributed by atoms with Crippen LogP contribution < -0.4 is 4.72 Å². The Balaban J connectivity index is 1.97. The van der Waals surface area contributed by atoms with Gasteiger partial charge in [0, 0.05) is 11.6 Å². The van der Waals surface area contributed by atoms with Crippen molar-refractivity contribution in [3.05, 3.63) is 64.7 Å². The maximum absolute atomic E-state index is 12.4. The van der Waals surface area contributed by atoms with Crippen LogP contribution in [0.5, 0.6) is 0 Å². The molecule has 2 aromatic rings. The van der Waals surface area contributed by atoms with Crippen molar-refractivity contribution in [2.45, 2.75) is 17.5 Å². The highest BCUT2D eigenvalue weighted by Gasteiger charge is 2.29. The van der Waals surface area contributed by atoms with E-state index in [4.69, 9.17) is 11.6 Å². The van der Waals surface area contributed by atoms with Gasteiger partial charge in [0.25, 0.3) is 0 Å². The highest BCUT2D eigenvalue weighted by atomic mass is 35.5. The van der Waals surface area contributed by atoms with E-state index in [0.717, 1.165) is 12.1 Å². The molecule has 0 spiro atoms. The van der Waals surface area contributed by atoms with E-state index >= 15 is 0 Å². The van der Waals surface area contributed by atoms with Crippen LogP contribution in [0.3, 0.4) is 0 Å². The molecule has 0 heterocycles. The maximum atomic E-state index is 12.4. The summed E-state index contributed by atoms with van der Waals surface area (Å²) >= 11 is 5.75. The summed E-state index contributed by atoms with van der Waals surface area (Å²) in [5.74, 6) is 0. The number of hydrogen-bond donors (Lipinski definition) is 1. The quantitative estimate of drug-likeness (QED) is 0.876. The fourth-order valence-corrected chi connectivity index (χ4v) is 3.24. The van der Waals surface area contributed by atoms with E-state index in [0.29, 0.717) is 10.6 Å². The minimum atomic E-state index is -4.38. The molecule has 0 aliphatic rings. The van der Waals surface area contributed by atoms with E-state index in [1.165, 1.54) is 30.3 Å². The number of nitrogens with one attached hydrogen (secondary N) is 1. The number of hydrogen-bond acceptors (Lipinski definition) is 2. The van der Waals surface area contributed by atoms with E-state index in [9.17, 15) is 21.6 Å². The van der Waals surface area contributed by atoms with Gasteiger partial charge in [0.15, 0.2) is 0 Å². The van der Waals surface area contributed by atoms with E-state index in [-0.39, 0.29) is 17.9 Å². The maximum Gasteiger partial charge on any atom is 0.416 e. The van der Waals surface area contributed by atoms with Crippen molar-refractivity contribution in [2.24, 2.45) is 0 Å². The predicted octanol–water partition coefficient (Wildman–Crippen LogP) is 3.88. The molecule has 8 heteroatoms. The molecule has 0 fully saturated rings. The third-order valence-corrected chi connectivity index (χ3v) is 4.79. The largest absolute Gasteiger partial charge is 0.416 e. The van der Waals surface area contributed by atoms with Crippen LogP contribution in [0.4, 0.5) is 13.2 Å². The van der Waals surface area contributed by atoms with Crippen LogP contribution in [0.25, 0.3) is 0 Å². The minimum absolute atomic E-state index is 0.0393. The molecule has 0 radical (unpaired) electrons. The second-order valence-corrected chi connectivity index (χ2v) is 7.00. The Morgan fingerprint density at radius 3 is 2.26 bits per heavy atom. The van der Waals surface area contributed by atoms with Crippen LogP contribution in [-0.4, -0.2) is 15.0 Å². The zero-order chi connectivity index (χ0) is 17.1. The van der Waals surface area contributed by atoms with Crippen molar-refractivity contribution < 1.29 is 21.6 Å². The highest BCUT2D eigenvalue weighted by molar-refractivity contribution is 7.89. The van der Waals surface area contributed by atoms with Gasteiger partial charge in [-0.2, -0.15) is 13.2 Å². The van der Waals surface area contributed by atoms with E-state index in [2.05, 4.69) is 4.72 Å². The molecule has 0 saturated heterocycles. The monoisotopic (exact) mass is 363 g/mol. The van der Waals surface area contributed by atoms with E-state index in [1.807, 2.05) is 0 Å². The molecule has 0 atom stereocenters. The molecule has 124 valence electrons. The Hall–Kier alpha value is -1.57. The van der Waals surface area contributed by atoms with Gasteiger partial charge < -0.3 is 0 Å². The summed E-state index contributed by atoms with van der Waals surface area (Å²) in [5.41, 5.74) is -0.132. The lowest BCUT2D eigenvalue weighted by Gasteiger charge is -2.09. The average Bonchev–Trinajstić information content (AvgIpc) is 2.47. The third kappa shape index (κ3) is 4.95. The summed E-state index contributed by atoms with van der Waals surface area (Å²) in [4.78, 5) is 0.0393. The van der Waals surface area contributed by atoms with Gasteiger partial charge in [0.1, 0.15) is 0 Å². The van der Waals surface area contributed by atoms with Crippen molar-refractivity contribution in [3.63, 3.8) is 0 Å². The van der Waals surface area contributed by atoms with Gasteiger partial charge in [-0.1, -0.05) is 29.8 Å². The molecule has 1 N–H and O–H groups in total. The lowest BCUT2D eigenvalue weighted by molar-refractivity contribution is -0.137. The standard InChI is InChI=1S/C15H13ClF3NO2S/c16-13-2-1-3-14(10-13)23(21,22)20-9-8-11-4-6-12(7-5-11)15(17,18)19/h1-7,10,20H,8-9H2. The molecule has 0 unspecified atom stereocenters. The molecule has 2 rings (SSSR count). The van der Waals surface area contributed by atoms with Gasteiger partial charge in [-0.25, -0.2) is 13.1 Å². The molecule has 23 heavy (non-hydrogen) atoms. The first-order valence-corrected chi connectivity index (χ1v) is 8.46. The SMILES string of the molecule is O=S(=O)(NCCc1ccc(C(F)(F)F)cc1)c1cccc(Cl)c1. The zero-order valence-electron chi connectivity index (χ0n) is 11.8. The van der Waals surface area contributed by atoms with Crippen molar-refractivity contribution in [2.75, 3.05) is 6.54 Å². The van der Waals surface area contributed by atoms with Crippen molar-refractivity contribution >= 4 is 21.6 Å². The molecule has 0 bridgehead atoms. The van der Waals surface area contributed by atoms with Crippen LogP contribution in [-0.2, 0) is 22.6 Å². The molecular formula is C15H13ClF3NO2S.